The van der Waals surface area contributed by atoms with Gasteiger partial charge in [-0.05, 0) is 159 Å². The van der Waals surface area contributed by atoms with Gasteiger partial charge in [0.25, 0.3) is 0 Å². The van der Waals surface area contributed by atoms with Crippen molar-refractivity contribution in [3.63, 3.8) is 0 Å². The fourth-order valence-corrected chi connectivity index (χ4v) is 6.09. The zero-order valence-electron chi connectivity index (χ0n) is 51.6. The third-order valence-corrected chi connectivity index (χ3v) is 11.5. The van der Waals surface area contributed by atoms with Crippen LogP contribution in [-0.2, 0) is 26.4 Å². The molecule has 80 heavy (non-hydrogen) atoms. The van der Waals surface area contributed by atoms with Crippen LogP contribution in [0.4, 0.5) is 0 Å². The highest BCUT2D eigenvalue weighted by Crippen LogP contribution is 2.17. The van der Waals surface area contributed by atoms with E-state index in [2.05, 4.69) is 203 Å². The van der Waals surface area contributed by atoms with E-state index in [1.54, 1.807) is 0 Å². The van der Waals surface area contributed by atoms with Gasteiger partial charge in [0.1, 0.15) is 49.4 Å². The van der Waals surface area contributed by atoms with E-state index in [1.165, 1.54) is 76.9 Å². The Bertz CT molecular complexity index is 2220. The first-order chi connectivity index (χ1) is 38.8. The number of ether oxygens (including phenoxy) is 4. The van der Waals surface area contributed by atoms with Gasteiger partial charge in [0.2, 0.25) is 0 Å². The summed E-state index contributed by atoms with van der Waals surface area (Å²) < 4.78 is 22.6. The lowest BCUT2D eigenvalue weighted by atomic mass is 10.2. The molecule has 0 atom stereocenters. The van der Waals surface area contributed by atoms with E-state index in [1.807, 2.05) is 128 Å². The topological polar surface area (TPSA) is 55.4 Å². The number of nitrogens with one attached hydrogen (secondary N) is 1. The van der Waals surface area contributed by atoms with Gasteiger partial charge in [0.15, 0.2) is 0 Å². The van der Waals surface area contributed by atoms with Gasteiger partial charge in [-0.1, -0.05) is 246 Å². The van der Waals surface area contributed by atoms with Crippen molar-refractivity contribution in [1.29, 1.82) is 0 Å². The van der Waals surface area contributed by atoms with E-state index in [0.29, 0.717) is 26.4 Å². The Hall–Kier alpha value is -7.16. The molecule has 0 radical (unpaired) electrons. The normalized spacial score (nSPS) is 9.70. The van der Waals surface area contributed by atoms with Gasteiger partial charge >= 0.3 is 0 Å². The highest BCUT2D eigenvalue weighted by atomic mass is 16.5. The SMILES string of the molecule is CCC.CCCCN(C)CC.CCN(C)C.CCNC.Cc1ccc(OCc2ccccc2)cc1.Cc1ccc(OCc2ccccc2)cc1.Cc1ccc(OCc2ccccc2)cc1.Cc1ccc(OCc2ccccc2)cc1. The molecule has 0 aliphatic heterocycles. The third-order valence-electron chi connectivity index (χ3n) is 11.5. The minimum absolute atomic E-state index is 0.629. The lowest BCUT2D eigenvalue weighted by Crippen LogP contribution is -2.18. The lowest BCUT2D eigenvalue weighted by Gasteiger charge is -2.11. The molecule has 0 bridgehead atoms. The van der Waals surface area contributed by atoms with Gasteiger partial charge in [-0.3, -0.25) is 0 Å². The number of nitrogens with zero attached hydrogens (tertiary/aromatic N) is 2. The molecule has 0 heterocycles. The van der Waals surface area contributed by atoms with Crippen LogP contribution in [0.2, 0.25) is 0 Å². The molecule has 0 amide bonds. The molecular weight excluding hydrogens is 983 g/mol. The number of hydrogen-bond donors (Lipinski definition) is 1. The molecule has 0 aliphatic carbocycles. The first-order valence-electron chi connectivity index (χ1n) is 28.7. The number of aryl methyl sites for hydroxylation is 4. The molecule has 0 fully saturated rings. The molecule has 0 aromatic heterocycles. The van der Waals surface area contributed by atoms with E-state index in [4.69, 9.17) is 18.9 Å². The summed E-state index contributed by atoms with van der Waals surface area (Å²) in [6, 6.07) is 73.2. The predicted molar refractivity (Wildman–Crippen MR) is 346 cm³/mol. The van der Waals surface area contributed by atoms with Crippen LogP contribution >= 0.6 is 0 Å². The van der Waals surface area contributed by atoms with Crippen molar-refractivity contribution in [3.8, 4) is 23.0 Å². The molecule has 1 N–H and O–H groups in total. The third kappa shape index (κ3) is 39.2. The second-order valence-electron chi connectivity index (χ2n) is 19.4. The van der Waals surface area contributed by atoms with Crippen molar-refractivity contribution in [2.45, 2.75) is 115 Å². The van der Waals surface area contributed by atoms with Crippen LogP contribution in [-0.4, -0.2) is 64.2 Å². The fourth-order valence-electron chi connectivity index (χ4n) is 6.09. The molecule has 8 aromatic rings. The van der Waals surface area contributed by atoms with Crippen LogP contribution in [0.1, 0.15) is 105 Å². The summed E-state index contributed by atoms with van der Waals surface area (Å²) in [7, 11) is 8.20. The predicted octanol–water partition coefficient (Wildman–Crippen LogP) is 18.2. The van der Waals surface area contributed by atoms with Gasteiger partial charge in [0, 0.05) is 0 Å². The maximum absolute atomic E-state index is 5.65. The summed E-state index contributed by atoms with van der Waals surface area (Å²) in [5.41, 5.74) is 9.78. The first kappa shape index (κ1) is 70.9. The molecule has 0 unspecified atom stereocenters. The van der Waals surface area contributed by atoms with E-state index >= 15 is 0 Å². The second-order valence-corrected chi connectivity index (χ2v) is 19.4. The van der Waals surface area contributed by atoms with Gasteiger partial charge in [-0.2, -0.15) is 0 Å². The van der Waals surface area contributed by atoms with Crippen molar-refractivity contribution in [3.05, 3.63) is 263 Å². The highest BCUT2D eigenvalue weighted by molar-refractivity contribution is 5.30. The molecule has 8 aromatic carbocycles. The fraction of sp³-hybridized carbons (Fsp3) is 0.342. The van der Waals surface area contributed by atoms with E-state index in [-0.39, 0.29) is 0 Å². The quantitative estimate of drug-likeness (QED) is 0.0919. The van der Waals surface area contributed by atoms with Gasteiger partial charge in [-0.15, -0.1) is 0 Å². The van der Waals surface area contributed by atoms with Gasteiger partial charge < -0.3 is 34.1 Å². The van der Waals surface area contributed by atoms with Crippen LogP contribution in [0.3, 0.4) is 0 Å². The Kier molecular flexibility index (Phi) is 42.3. The van der Waals surface area contributed by atoms with E-state index in [0.717, 1.165) is 36.1 Å². The summed E-state index contributed by atoms with van der Waals surface area (Å²) in [4.78, 5) is 4.46. The Morgan fingerprint density at radius 2 is 0.550 bits per heavy atom. The minimum Gasteiger partial charge on any atom is -0.489 e. The van der Waals surface area contributed by atoms with Crippen LogP contribution in [0.5, 0.6) is 23.0 Å². The van der Waals surface area contributed by atoms with Crippen molar-refractivity contribution in [2.24, 2.45) is 0 Å². The van der Waals surface area contributed by atoms with Crippen molar-refractivity contribution >= 4 is 0 Å². The van der Waals surface area contributed by atoms with Crippen molar-refractivity contribution < 1.29 is 18.9 Å². The molecule has 8 rings (SSSR count). The first-order valence-corrected chi connectivity index (χ1v) is 28.7. The van der Waals surface area contributed by atoms with Crippen LogP contribution in [0.15, 0.2) is 218 Å². The minimum atomic E-state index is 0.629. The number of unbranched alkanes of at least 4 members (excludes halogenated alkanes) is 1. The summed E-state index contributed by atoms with van der Waals surface area (Å²) in [6.45, 7) is 28.3. The van der Waals surface area contributed by atoms with Gasteiger partial charge in [0.05, 0.1) is 0 Å². The number of rotatable bonds is 18. The molecule has 0 saturated carbocycles. The maximum atomic E-state index is 5.65. The summed E-state index contributed by atoms with van der Waals surface area (Å²) in [5.74, 6) is 3.68. The second kappa shape index (κ2) is 47.8. The largest absolute Gasteiger partial charge is 0.489 e. The van der Waals surface area contributed by atoms with Crippen LogP contribution in [0, 0.1) is 27.7 Å². The number of hydrogen-bond acceptors (Lipinski definition) is 7. The molecule has 0 spiro atoms. The lowest BCUT2D eigenvalue weighted by molar-refractivity contribution is 0.306. The van der Waals surface area contributed by atoms with E-state index < -0.39 is 0 Å². The Morgan fingerprint density at radius 3 is 0.713 bits per heavy atom. The smallest absolute Gasteiger partial charge is 0.119 e. The zero-order valence-corrected chi connectivity index (χ0v) is 51.6. The van der Waals surface area contributed by atoms with Gasteiger partial charge in [-0.25, -0.2) is 0 Å². The molecular formula is C73H101N3O4. The molecule has 0 aliphatic rings. The standard InChI is InChI=1S/4C14H14O.C7H17N.C4H11N.C3H9N.C3H8/c4*1-12-7-9-14(10-8-12)15-11-13-5-3-2-4-6-13;1-4-6-7-8(3)5-2;1-4-5(2)3;1-3-4-2;1-3-2/h4*2-10H,11H2,1H3;4-7H2,1-3H3;4H2,1-3H3;4H,3H2,1-2H3;3H2,1-2H3. The molecule has 7 heteroatoms. The Balaban J connectivity index is 0.000000480. The zero-order chi connectivity index (χ0) is 58.9. The average Bonchev–Trinajstić information content (AvgIpc) is 3.50. The van der Waals surface area contributed by atoms with Crippen molar-refractivity contribution in [1.82, 2.24) is 15.1 Å². The number of benzene rings is 8. The maximum Gasteiger partial charge on any atom is 0.119 e. The van der Waals surface area contributed by atoms with Crippen LogP contribution < -0.4 is 24.3 Å². The summed E-state index contributed by atoms with van der Waals surface area (Å²) in [5, 5.41) is 2.93. The average molecular weight is 1080 g/mol. The summed E-state index contributed by atoms with van der Waals surface area (Å²) in [6.07, 6.45) is 3.90. The van der Waals surface area contributed by atoms with Crippen LogP contribution in [0.25, 0.3) is 0 Å². The summed E-state index contributed by atoms with van der Waals surface area (Å²) >= 11 is 0. The Labute approximate surface area is 487 Å². The monoisotopic (exact) mass is 1080 g/mol. The molecule has 7 nitrogen and oxygen atoms in total. The Morgan fingerprint density at radius 1 is 0.338 bits per heavy atom. The molecule has 432 valence electrons. The van der Waals surface area contributed by atoms with E-state index in [9.17, 15) is 0 Å². The molecule has 0 saturated heterocycles. The highest BCUT2D eigenvalue weighted by Gasteiger charge is 1.98. The van der Waals surface area contributed by atoms with Crippen molar-refractivity contribution in [2.75, 3.05) is 54.4 Å².